The molecule has 2 nitrogen and oxygen atoms in total. The number of aromatic amines is 1. The summed E-state index contributed by atoms with van der Waals surface area (Å²) >= 11 is 8.87. The van der Waals surface area contributed by atoms with Crippen LogP contribution in [0.3, 0.4) is 0 Å². The standard InChI is InChI=1S/C16H13BrN2S/c1-11-2-8-14(9-3-11)19-15(10-18-16(19)20)12-4-6-13(17)7-5-12/h2-10H,1H3,(H,18,20). The molecule has 0 radical (unpaired) electrons. The lowest BCUT2D eigenvalue weighted by atomic mass is 10.1. The van der Waals surface area contributed by atoms with Gasteiger partial charge in [-0.1, -0.05) is 45.8 Å². The van der Waals surface area contributed by atoms with E-state index in [9.17, 15) is 0 Å². The summed E-state index contributed by atoms with van der Waals surface area (Å²) < 4.78 is 3.82. The quantitative estimate of drug-likeness (QED) is 0.627. The molecule has 2 aromatic carbocycles. The summed E-state index contributed by atoms with van der Waals surface area (Å²) in [5.74, 6) is 0. The molecule has 1 aromatic heterocycles. The number of hydrogen-bond donors (Lipinski definition) is 1. The summed E-state index contributed by atoms with van der Waals surface area (Å²) in [5, 5.41) is 0. The molecule has 3 aromatic rings. The van der Waals surface area contributed by atoms with E-state index >= 15 is 0 Å². The summed E-state index contributed by atoms with van der Waals surface area (Å²) in [6.07, 6.45) is 1.95. The zero-order chi connectivity index (χ0) is 14.1. The fourth-order valence-corrected chi connectivity index (χ4v) is 2.68. The van der Waals surface area contributed by atoms with E-state index in [1.54, 1.807) is 0 Å². The van der Waals surface area contributed by atoms with Crippen LogP contribution >= 0.6 is 28.1 Å². The van der Waals surface area contributed by atoms with Gasteiger partial charge in [-0.3, -0.25) is 4.57 Å². The van der Waals surface area contributed by atoms with Crippen molar-refractivity contribution in [2.45, 2.75) is 6.92 Å². The monoisotopic (exact) mass is 344 g/mol. The molecule has 1 N–H and O–H groups in total. The van der Waals surface area contributed by atoms with Crippen LogP contribution in [-0.4, -0.2) is 9.55 Å². The lowest BCUT2D eigenvalue weighted by Crippen LogP contribution is -1.96. The molecule has 0 saturated carbocycles. The SMILES string of the molecule is Cc1ccc(-n2c(-c3ccc(Br)cc3)c[nH]c2=S)cc1. The molecule has 0 unspecified atom stereocenters. The van der Waals surface area contributed by atoms with Crippen molar-refractivity contribution in [3.63, 3.8) is 0 Å². The Labute approximate surface area is 131 Å². The molecule has 0 aliphatic carbocycles. The molecule has 4 heteroatoms. The van der Waals surface area contributed by atoms with Gasteiger partial charge in [0.1, 0.15) is 0 Å². The second kappa shape index (κ2) is 5.38. The van der Waals surface area contributed by atoms with Crippen molar-refractivity contribution >= 4 is 28.1 Å². The molecule has 20 heavy (non-hydrogen) atoms. The van der Waals surface area contributed by atoms with Gasteiger partial charge in [-0.15, -0.1) is 0 Å². The number of nitrogens with one attached hydrogen (secondary N) is 1. The Bertz CT molecular complexity index is 783. The van der Waals surface area contributed by atoms with Gasteiger partial charge in [0.2, 0.25) is 0 Å². The van der Waals surface area contributed by atoms with Crippen LogP contribution in [0.1, 0.15) is 5.56 Å². The lowest BCUT2D eigenvalue weighted by molar-refractivity contribution is 1.04. The van der Waals surface area contributed by atoms with Crippen molar-refractivity contribution in [1.82, 2.24) is 9.55 Å². The zero-order valence-electron chi connectivity index (χ0n) is 10.9. The molecule has 0 aliphatic heterocycles. The number of hydrogen-bond acceptors (Lipinski definition) is 1. The van der Waals surface area contributed by atoms with E-state index in [4.69, 9.17) is 12.2 Å². The Morgan fingerprint density at radius 3 is 2.30 bits per heavy atom. The number of H-pyrrole nitrogens is 1. The first kappa shape index (κ1) is 13.3. The number of halogens is 1. The smallest absolute Gasteiger partial charge is 0.182 e. The van der Waals surface area contributed by atoms with Crippen LogP contribution in [0.15, 0.2) is 59.2 Å². The summed E-state index contributed by atoms with van der Waals surface area (Å²) in [5.41, 5.74) is 4.49. The van der Waals surface area contributed by atoms with Crippen LogP contribution in [-0.2, 0) is 0 Å². The molecule has 0 saturated heterocycles. The topological polar surface area (TPSA) is 20.7 Å². The highest BCUT2D eigenvalue weighted by Gasteiger charge is 2.08. The van der Waals surface area contributed by atoms with E-state index in [-0.39, 0.29) is 0 Å². The Hall–Kier alpha value is -1.65. The Morgan fingerprint density at radius 1 is 1.00 bits per heavy atom. The van der Waals surface area contributed by atoms with E-state index in [1.165, 1.54) is 5.56 Å². The molecule has 0 fully saturated rings. The highest BCUT2D eigenvalue weighted by atomic mass is 79.9. The van der Waals surface area contributed by atoms with Crippen LogP contribution in [0.5, 0.6) is 0 Å². The van der Waals surface area contributed by atoms with E-state index in [0.29, 0.717) is 4.77 Å². The number of aryl methyl sites for hydroxylation is 1. The van der Waals surface area contributed by atoms with Crippen molar-refractivity contribution in [1.29, 1.82) is 0 Å². The van der Waals surface area contributed by atoms with Crippen LogP contribution in [0.25, 0.3) is 16.9 Å². The van der Waals surface area contributed by atoms with Crippen LogP contribution in [0, 0.1) is 11.7 Å². The molecular weight excluding hydrogens is 332 g/mol. The number of benzene rings is 2. The Morgan fingerprint density at radius 2 is 1.65 bits per heavy atom. The minimum Gasteiger partial charge on any atom is -0.336 e. The maximum absolute atomic E-state index is 5.41. The third kappa shape index (κ3) is 2.49. The first-order chi connectivity index (χ1) is 9.65. The van der Waals surface area contributed by atoms with E-state index in [1.807, 2.05) is 18.3 Å². The first-order valence-corrected chi connectivity index (χ1v) is 7.49. The molecule has 0 amide bonds. The summed E-state index contributed by atoms with van der Waals surface area (Å²) in [7, 11) is 0. The summed E-state index contributed by atoms with van der Waals surface area (Å²) in [4.78, 5) is 3.13. The molecule has 1 heterocycles. The van der Waals surface area contributed by atoms with Crippen LogP contribution in [0.4, 0.5) is 0 Å². The second-order valence-corrected chi connectivity index (χ2v) is 5.96. The molecule has 0 bridgehead atoms. The number of nitrogens with zero attached hydrogens (tertiary/aromatic N) is 1. The number of imidazole rings is 1. The van der Waals surface area contributed by atoms with Gasteiger partial charge in [-0.25, -0.2) is 0 Å². The van der Waals surface area contributed by atoms with E-state index in [0.717, 1.165) is 21.4 Å². The summed E-state index contributed by atoms with van der Waals surface area (Å²) in [6.45, 7) is 2.08. The van der Waals surface area contributed by atoms with Gasteiger partial charge in [0.15, 0.2) is 4.77 Å². The number of rotatable bonds is 2. The van der Waals surface area contributed by atoms with Gasteiger partial charge < -0.3 is 4.98 Å². The predicted molar refractivity (Wildman–Crippen MR) is 88.8 cm³/mol. The molecular formula is C16H13BrN2S. The fourth-order valence-electron chi connectivity index (χ4n) is 2.15. The van der Waals surface area contributed by atoms with Crippen LogP contribution in [0.2, 0.25) is 0 Å². The minimum atomic E-state index is 0.701. The van der Waals surface area contributed by atoms with Crippen molar-refractivity contribution in [3.05, 3.63) is 69.5 Å². The first-order valence-electron chi connectivity index (χ1n) is 6.28. The second-order valence-electron chi connectivity index (χ2n) is 4.66. The van der Waals surface area contributed by atoms with Crippen molar-refractivity contribution in [2.24, 2.45) is 0 Å². The van der Waals surface area contributed by atoms with E-state index in [2.05, 4.69) is 68.8 Å². The molecule has 0 spiro atoms. The molecule has 0 atom stereocenters. The van der Waals surface area contributed by atoms with E-state index < -0.39 is 0 Å². The zero-order valence-corrected chi connectivity index (χ0v) is 13.3. The minimum absolute atomic E-state index is 0.701. The lowest BCUT2D eigenvalue weighted by Gasteiger charge is -2.09. The van der Waals surface area contributed by atoms with Gasteiger partial charge in [-0.05, 0) is 43.4 Å². The van der Waals surface area contributed by atoms with Crippen LogP contribution < -0.4 is 0 Å². The Kier molecular flexibility index (Phi) is 3.59. The van der Waals surface area contributed by atoms with Gasteiger partial charge >= 0.3 is 0 Å². The molecule has 3 rings (SSSR count). The third-order valence-electron chi connectivity index (χ3n) is 3.21. The average Bonchev–Trinajstić information content (AvgIpc) is 2.83. The fraction of sp³-hybridized carbons (Fsp3) is 0.0625. The normalized spacial score (nSPS) is 10.7. The summed E-state index contributed by atoms with van der Waals surface area (Å²) in [6, 6.07) is 16.6. The Balaban J connectivity index is 2.17. The maximum Gasteiger partial charge on any atom is 0.182 e. The van der Waals surface area contributed by atoms with Gasteiger partial charge in [0, 0.05) is 21.9 Å². The van der Waals surface area contributed by atoms with Crippen molar-refractivity contribution < 1.29 is 0 Å². The number of aromatic nitrogens is 2. The molecule has 100 valence electrons. The van der Waals surface area contributed by atoms with Gasteiger partial charge in [-0.2, -0.15) is 0 Å². The van der Waals surface area contributed by atoms with Gasteiger partial charge in [0.25, 0.3) is 0 Å². The third-order valence-corrected chi connectivity index (χ3v) is 4.04. The average molecular weight is 345 g/mol. The maximum atomic E-state index is 5.41. The van der Waals surface area contributed by atoms with Crippen molar-refractivity contribution in [3.8, 4) is 16.9 Å². The highest BCUT2D eigenvalue weighted by molar-refractivity contribution is 9.10. The van der Waals surface area contributed by atoms with Gasteiger partial charge in [0.05, 0.1) is 5.69 Å². The van der Waals surface area contributed by atoms with Crippen molar-refractivity contribution in [2.75, 3.05) is 0 Å². The molecule has 0 aliphatic rings. The highest BCUT2D eigenvalue weighted by Crippen LogP contribution is 2.25. The predicted octanol–water partition coefficient (Wildman–Crippen LogP) is 5.27. The largest absolute Gasteiger partial charge is 0.336 e.